The van der Waals surface area contributed by atoms with E-state index in [0.29, 0.717) is 25.6 Å². The van der Waals surface area contributed by atoms with Gasteiger partial charge in [0.1, 0.15) is 0 Å². The Labute approximate surface area is 112 Å². The molecular weight excluding hydrogens is 250 g/mol. The van der Waals surface area contributed by atoms with Crippen LogP contribution in [0.1, 0.15) is 33.1 Å². The van der Waals surface area contributed by atoms with Crippen LogP contribution in [0.3, 0.4) is 0 Å². The van der Waals surface area contributed by atoms with Gasteiger partial charge in [0.05, 0.1) is 0 Å². The first-order valence-corrected chi connectivity index (χ1v) is 8.30. The Bertz CT molecular complexity index is 332. The van der Waals surface area contributed by atoms with Gasteiger partial charge < -0.3 is 5.32 Å². The molecule has 1 N–H and O–H groups in total. The topological polar surface area (TPSA) is 52.7 Å². The monoisotopic (exact) mass is 277 g/mol. The highest BCUT2D eigenvalue weighted by molar-refractivity contribution is 7.86. The molecule has 1 saturated heterocycles. The van der Waals surface area contributed by atoms with Crippen molar-refractivity contribution in [3.8, 4) is 0 Å². The number of nitrogens with zero attached hydrogens (tertiary/aromatic N) is 2. The minimum atomic E-state index is -3.24. The van der Waals surface area contributed by atoms with Crippen LogP contribution in [0, 0.1) is 5.92 Å². The van der Waals surface area contributed by atoms with Crippen LogP contribution in [0.2, 0.25) is 0 Å². The third kappa shape index (κ3) is 4.50. The molecule has 0 radical (unpaired) electrons. The Morgan fingerprint density at radius 1 is 1.44 bits per heavy atom. The van der Waals surface area contributed by atoms with Gasteiger partial charge in [-0.05, 0) is 38.3 Å². The molecule has 1 heterocycles. The maximum atomic E-state index is 12.3. The molecular formula is C12H27N3O2S. The van der Waals surface area contributed by atoms with Crippen LogP contribution >= 0.6 is 0 Å². The summed E-state index contributed by atoms with van der Waals surface area (Å²) in [5, 5.41) is 3.21. The zero-order valence-electron chi connectivity index (χ0n) is 11.9. The van der Waals surface area contributed by atoms with Gasteiger partial charge in [-0.3, -0.25) is 0 Å². The molecule has 108 valence electrons. The molecule has 0 aliphatic carbocycles. The van der Waals surface area contributed by atoms with Gasteiger partial charge in [-0.25, -0.2) is 0 Å². The van der Waals surface area contributed by atoms with E-state index in [-0.39, 0.29) is 0 Å². The van der Waals surface area contributed by atoms with E-state index in [4.69, 9.17) is 0 Å². The second kappa shape index (κ2) is 7.43. The van der Waals surface area contributed by atoms with Crippen LogP contribution < -0.4 is 5.32 Å². The van der Waals surface area contributed by atoms with Crippen molar-refractivity contribution >= 4 is 10.2 Å². The summed E-state index contributed by atoms with van der Waals surface area (Å²) in [6, 6.07) is 0. The van der Waals surface area contributed by atoms with Crippen molar-refractivity contribution in [2.75, 3.05) is 39.8 Å². The zero-order chi connectivity index (χ0) is 13.6. The van der Waals surface area contributed by atoms with Crippen molar-refractivity contribution in [1.82, 2.24) is 13.9 Å². The molecule has 18 heavy (non-hydrogen) atoms. The first kappa shape index (κ1) is 15.9. The van der Waals surface area contributed by atoms with E-state index in [9.17, 15) is 8.42 Å². The normalized spacial score (nSPS) is 22.6. The number of rotatable bonds is 7. The van der Waals surface area contributed by atoms with Crippen molar-refractivity contribution < 1.29 is 8.42 Å². The predicted molar refractivity (Wildman–Crippen MR) is 74.7 cm³/mol. The van der Waals surface area contributed by atoms with Gasteiger partial charge in [0, 0.05) is 26.7 Å². The van der Waals surface area contributed by atoms with Crippen molar-refractivity contribution in [1.29, 1.82) is 0 Å². The number of hydrogen-bond donors (Lipinski definition) is 1. The molecule has 5 nitrogen and oxygen atoms in total. The Morgan fingerprint density at radius 2 is 2.17 bits per heavy atom. The first-order chi connectivity index (χ1) is 8.48. The van der Waals surface area contributed by atoms with Crippen molar-refractivity contribution in [3.05, 3.63) is 0 Å². The smallest absolute Gasteiger partial charge is 0.281 e. The van der Waals surface area contributed by atoms with Gasteiger partial charge in [-0.1, -0.05) is 13.8 Å². The van der Waals surface area contributed by atoms with E-state index < -0.39 is 10.2 Å². The maximum absolute atomic E-state index is 12.3. The van der Waals surface area contributed by atoms with Crippen LogP contribution in [0.15, 0.2) is 0 Å². The summed E-state index contributed by atoms with van der Waals surface area (Å²) in [6.07, 6.45) is 2.97. The van der Waals surface area contributed by atoms with E-state index in [0.717, 1.165) is 32.4 Å². The van der Waals surface area contributed by atoms with Crippen LogP contribution in [0.5, 0.6) is 0 Å². The molecule has 0 bridgehead atoms. The van der Waals surface area contributed by atoms with Gasteiger partial charge >= 0.3 is 0 Å². The van der Waals surface area contributed by atoms with Crippen LogP contribution in [0.4, 0.5) is 0 Å². The van der Waals surface area contributed by atoms with E-state index >= 15 is 0 Å². The standard InChI is InChI=1S/C12H27N3O2S/c1-4-13-8-6-9-14(3)18(16,17)15-10-5-7-12(2)11-15/h12-13H,4-11H2,1-3H3. The molecule has 0 aromatic heterocycles. The summed E-state index contributed by atoms with van der Waals surface area (Å²) in [5.74, 6) is 0.476. The molecule has 1 fully saturated rings. The highest BCUT2D eigenvalue weighted by Crippen LogP contribution is 2.19. The first-order valence-electron chi connectivity index (χ1n) is 6.90. The Kier molecular flexibility index (Phi) is 6.55. The van der Waals surface area contributed by atoms with Crippen LogP contribution in [-0.2, 0) is 10.2 Å². The molecule has 0 aromatic carbocycles. The zero-order valence-corrected chi connectivity index (χ0v) is 12.7. The molecule has 0 aromatic rings. The molecule has 1 aliphatic heterocycles. The minimum absolute atomic E-state index is 0.476. The summed E-state index contributed by atoms with van der Waals surface area (Å²) < 4.78 is 27.8. The number of nitrogens with one attached hydrogen (secondary N) is 1. The minimum Gasteiger partial charge on any atom is -0.317 e. The Morgan fingerprint density at radius 3 is 2.78 bits per heavy atom. The highest BCUT2D eigenvalue weighted by Gasteiger charge is 2.29. The lowest BCUT2D eigenvalue weighted by molar-refractivity contribution is 0.263. The summed E-state index contributed by atoms with van der Waals surface area (Å²) in [6.45, 7) is 7.89. The van der Waals surface area contributed by atoms with Crippen LogP contribution in [0.25, 0.3) is 0 Å². The van der Waals surface area contributed by atoms with Gasteiger partial charge in [0.2, 0.25) is 0 Å². The van der Waals surface area contributed by atoms with Crippen molar-refractivity contribution in [2.45, 2.75) is 33.1 Å². The molecule has 1 atom stereocenters. The lowest BCUT2D eigenvalue weighted by Crippen LogP contribution is -2.46. The van der Waals surface area contributed by atoms with Gasteiger partial charge in [-0.2, -0.15) is 17.0 Å². The summed E-state index contributed by atoms with van der Waals surface area (Å²) >= 11 is 0. The van der Waals surface area contributed by atoms with Gasteiger partial charge in [0.25, 0.3) is 10.2 Å². The number of hydrogen-bond acceptors (Lipinski definition) is 3. The average Bonchev–Trinajstić information content (AvgIpc) is 2.34. The molecule has 1 aliphatic rings. The molecule has 1 rings (SSSR count). The molecule has 0 saturated carbocycles. The molecule has 0 spiro atoms. The Hall–Kier alpha value is -0.170. The summed E-state index contributed by atoms with van der Waals surface area (Å²) in [7, 11) is -1.56. The third-order valence-corrected chi connectivity index (χ3v) is 5.37. The van der Waals surface area contributed by atoms with E-state index in [1.807, 2.05) is 0 Å². The summed E-state index contributed by atoms with van der Waals surface area (Å²) in [5.41, 5.74) is 0. The molecule has 0 amide bonds. The quantitative estimate of drug-likeness (QED) is 0.703. The second-order valence-electron chi connectivity index (χ2n) is 5.14. The maximum Gasteiger partial charge on any atom is 0.281 e. The largest absolute Gasteiger partial charge is 0.317 e. The fourth-order valence-electron chi connectivity index (χ4n) is 2.27. The van der Waals surface area contributed by atoms with Gasteiger partial charge in [0.15, 0.2) is 0 Å². The van der Waals surface area contributed by atoms with Gasteiger partial charge in [-0.15, -0.1) is 0 Å². The summed E-state index contributed by atoms with van der Waals surface area (Å²) in [4.78, 5) is 0. The lowest BCUT2D eigenvalue weighted by atomic mass is 10.0. The fraction of sp³-hybridized carbons (Fsp3) is 1.00. The van der Waals surface area contributed by atoms with E-state index in [1.54, 1.807) is 11.4 Å². The molecule has 6 heteroatoms. The van der Waals surface area contributed by atoms with E-state index in [1.165, 1.54) is 4.31 Å². The third-order valence-electron chi connectivity index (χ3n) is 3.42. The average molecular weight is 277 g/mol. The SMILES string of the molecule is CCNCCCN(C)S(=O)(=O)N1CCCC(C)C1. The molecule has 1 unspecified atom stereocenters. The predicted octanol–water partition coefficient (Wildman–Crippen LogP) is 0.895. The lowest BCUT2D eigenvalue weighted by Gasteiger charge is -2.33. The van der Waals surface area contributed by atoms with Crippen molar-refractivity contribution in [3.63, 3.8) is 0 Å². The van der Waals surface area contributed by atoms with Crippen LogP contribution in [-0.4, -0.2) is 56.8 Å². The number of piperidine rings is 1. The second-order valence-corrected chi connectivity index (χ2v) is 7.18. The highest BCUT2D eigenvalue weighted by atomic mass is 32.2. The Balaban J connectivity index is 2.45. The van der Waals surface area contributed by atoms with E-state index in [2.05, 4.69) is 19.2 Å². The fourth-order valence-corrected chi connectivity index (χ4v) is 3.83. The van der Waals surface area contributed by atoms with Crippen molar-refractivity contribution in [2.24, 2.45) is 5.92 Å².